The average Bonchev–Trinajstić information content (AvgIpc) is 2.56. The molecule has 0 aliphatic rings. The van der Waals surface area contributed by atoms with E-state index in [9.17, 15) is 18.3 Å². The number of phenols is 1. The van der Waals surface area contributed by atoms with Gasteiger partial charge in [-0.05, 0) is 35.9 Å². The molecule has 4 nitrogen and oxygen atoms in total. The molecule has 2 rings (SSSR count). The largest absolute Gasteiger partial charge is 0.507 e. The lowest BCUT2D eigenvalue weighted by atomic mass is 10.1. The molecule has 2 aromatic rings. The number of nitrogens with zero attached hydrogens (tertiary/aromatic N) is 2. The molecule has 0 unspecified atom stereocenters. The normalized spacial score (nSPS) is 12.7. The first kappa shape index (κ1) is 19.3. The van der Waals surface area contributed by atoms with Crippen molar-refractivity contribution in [1.29, 1.82) is 0 Å². The molecule has 0 atom stereocenters. The molecule has 0 amide bonds. The summed E-state index contributed by atoms with van der Waals surface area (Å²) in [7, 11) is 0. The molecule has 0 spiro atoms. The predicted octanol–water partition coefficient (Wildman–Crippen LogP) is 4.76. The van der Waals surface area contributed by atoms with Crippen molar-refractivity contribution in [3.8, 4) is 5.75 Å². The van der Waals surface area contributed by atoms with Crippen LogP contribution in [0, 0.1) is 0 Å². The third-order valence-electron chi connectivity index (χ3n) is 3.01. The second-order valence-corrected chi connectivity index (χ2v) is 6.78. The van der Waals surface area contributed by atoms with Gasteiger partial charge in [0.15, 0.2) is 5.17 Å². The average molecular weight is 432 g/mol. The minimum absolute atomic E-state index is 0.0538. The fourth-order valence-corrected chi connectivity index (χ4v) is 2.74. The molecule has 0 heterocycles. The molecule has 3 N–H and O–H groups in total. The second kappa shape index (κ2) is 8.39. The SMILES string of the molecule is N/C(=N\N=C\c1cc(Br)ccc1O)SCc1ccc(C(F)(F)F)cc1. The number of rotatable bonds is 4. The molecule has 25 heavy (non-hydrogen) atoms. The van der Waals surface area contributed by atoms with Crippen LogP contribution in [-0.4, -0.2) is 16.5 Å². The molecule has 0 bridgehead atoms. The maximum Gasteiger partial charge on any atom is 0.416 e. The quantitative estimate of drug-likeness (QED) is 0.416. The number of amidine groups is 1. The number of benzene rings is 2. The molecule has 0 radical (unpaired) electrons. The summed E-state index contributed by atoms with van der Waals surface area (Å²) in [5, 5.41) is 17.4. The summed E-state index contributed by atoms with van der Waals surface area (Å²) < 4.78 is 38.2. The van der Waals surface area contributed by atoms with Gasteiger partial charge >= 0.3 is 6.18 Å². The van der Waals surface area contributed by atoms with E-state index in [2.05, 4.69) is 26.1 Å². The number of hydrogen-bond acceptors (Lipinski definition) is 4. The Morgan fingerprint density at radius 3 is 2.52 bits per heavy atom. The monoisotopic (exact) mass is 431 g/mol. The number of phenolic OH excluding ortho intramolecular Hbond substituents is 1. The topological polar surface area (TPSA) is 71.0 Å². The van der Waals surface area contributed by atoms with Crippen molar-refractivity contribution in [2.45, 2.75) is 11.9 Å². The molecule has 2 aromatic carbocycles. The van der Waals surface area contributed by atoms with E-state index < -0.39 is 11.7 Å². The van der Waals surface area contributed by atoms with E-state index in [1.807, 2.05) is 0 Å². The van der Waals surface area contributed by atoms with Crippen LogP contribution in [0.15, 0.2) is 57.1 Å². The van der Waals surface area contributed by atoms with Crippen LogP contribution in [-0.2, 0) is 11.9 Å². The molecule has 132 valence electrons. The first-order chi connectivity index (χ1) is 11.8. The van der Waals surface area contributed by atoms with Crippen LogP contribution in [0.2, 0.25) is 0 Å². The zero-order valence-corrected chi connectivity index (χ0v) is 15.1. The second-order valence-electron chi connectivity index (χ2n) is 4.87. The number of hydrogen-bond donors (Lipinski definition) is 2. The summed E-state index contributed by atoms with van der Waals surface area (Å²) in [6, 6.07) is 9.70. The Bertz CT molecular complexity index is 792. The number of alkyl halides is 3. The highest BCUT2D eigenvalue weighted by molar-refractivity contribution is 9.10. The van der Waals surface area contributed by atoms with E-state index in [1.165, 1.54) is 24.4 Å². The Balaban J connectivity index is 1.93. The van der Waals surface area contributed by atoms with Gasteiger partial charge in [0, 0.05) is 15.8 Å². The van der Waals surface area contributed by atoms with E-state index >= 15 is 0 Å². The molecule has 0 fully saturated rings. The van der Waals surface area contributed by atoms with Crippen LogP contribution < -0.4 is 5.73 Å². The standard InChI is InChI=1S/C16H13BrF3N3OS/c17-13-5-6-14(24)11(7-13)8-22-23-15(21)25-9-10-1-3-12(4-2-10)16(18,19)20/h1-8,24H,9H2,(H2,21,23)/b22-8+. The van der Waals surface area contributed by atoms with Gasteiger partial charge < -0.3 is 10.8 Å². The Morgan fingerprint density at radius 2 is 1.88 bits per heavy atom. The third kappa shape index (κ3) is 6.09. The van der Waals surface area contributed by atoms with Gasteiger partial charge in [-0.25, -0.2) is 0 Å². The van der Waals surface area contributed by atoms with Crippen molar-refractivity contribution in [3.63, 3.8) is 0 Å². The van der Waals surface area contributed by atoms with Crippen LogP contribution in [0.4, 0.5) is 13.2 Å². The lowest BCUT2D eigenvalue weighted by Gasteiger charge is -2.07. The number of halogens is 4. The van der Waals surface area contributed by atoms with E-state index in [-0.39, 0.29) is 10.9 Å². The first-order valence-corrected chi connectivity index (χ1v) is 8.67. The fraction of sp³-hybridized carbons (Fsp3) is 0.125. The van der Waals surface area contributed by atoms with Gasteiger partial charge in [0.2, 0.25) is 0 Å². The zero-order chi connectivity index (χ0) is 18.4. The number of nitrogens with two attached hydrogens (primary N) is 1. The Kier molecular flexibility index (Phi) is 6.49. The summed E-state index contributed by atoms with van der Waals surface area (Å²) in [5.41, 5.74) is 6.16. The van der Waals surface area contributed by atoms with E-state index in [0.717, 1.165) is 28.4 Å². The minimum Gasteiger partial charge on any atom is -0.507 e. The van der Waals surface area contributed by atoms with Gasteiger partial charge in [0.25, 0.3) is 0 Å². The molecule has 0 aliphatic heterocycles. The predicted molar refractivity (Wildman–Crippen MR) is 97.8 cm³/mol. The number of thioether (sulfide) groups is 1. The third-order valence-corrected chi connectivity index (χ3v) is 4.36. The van der Waals surface area contributed by atoms with Gasteiger partial charge in [0.1, 0.15) is 5.75 Å². The van der Waals surface area contributed by atoms with Gasteiger partial charge in [0.05, 0.1) is 11.8 Å². The van der Waals surface area contributed by atoms with E-state index in [1.54, 1.807) is 12.1 Å². The van der Waals surface area contributed by atoms with E-state index in [0.29, 0.717) is 16.9 Å². The smallest absolute Gasteiger partial charge is 0.416 e. The molecule has 0 aromatic heterocycles. The van der Waals surface area contributed by atoms with Crippen molar-refractivity contribution < 1.29 is 18.3 Å². The fourth-order valence-electron chi connectivity index (χ4n) is 1.75. The van der Waals surface area contributed by atoms with Crippen LogP contribution in [0.1, 0.15) is 16.7 Å². The highest BCUT2D eigenvalue weighted by Gasteiger charge is 2.29. The van der Waals surface area contributed by atoms with Gasteiger partial charge in [-0.2, -0.15) is 18.3 Å². The molecule has 0 saturated carbocycles. The van der Waals surface area contributed by atoms with E-state index in [4.69, 9.17) is 5.73 Å². The van der Waals surface area contributed by atoms with Crippen molar-refractivity contribution in [2.75, 3.05) is 0 Å². The summed E-state index contributed by atoms with van der Waals surface area (Å²) in [4.78, 5) is 0. The maximum absolute atomic E-state index is 12.5. The number of aromatic hydroxyl groups is 1. The lowest BCUT2D eigenvalue weighted by Crippen LogP contribution is -2.07. The van der Waals surface area contributed by atoms with Crippen LogP contribution in [0.5, 0.6) is 5.75 Å². The van der Waals surface area contributed by atoms with Gasteiger partial charge in [-0.3, -0.25) is 0 Å². The summed E-state index contributed by atoms with van der Waals surface area (Å²) in [6.07, 6.45) is -3.00. The van der Waals surface area contributed by atoms with Crippen molar-refractivity contribution in [1.82, 2.24) is 0 Å². The molecule has 0 aliphatic carbocycles. The Labute approximate surface area is 154 Å². The Hall–Kier alpha value is -2.00. The zero-order valence-electron chi connectivity index (χ0n) is 12.7. The van der Waals surface area contributed by atoms with Gasteiger partial charge in [-0.1, -0.05) is 39.8 Å². The van der Waals surface area contributed by atoms with Crippen LogP contribution >= 0.6 is 27.7 Å². The van der Waals surface area contributed by atoms with Crippen LogP contribution in [0.3, 0.4) is 0 Å². The first-order valence-electron chi connectivity index (χ1n) is 6.89. The molecule has 9 heteroatoms. The van der Waals surface area contributed by atoms with Crippen molar-refractivity contribution in [3.05, 3.63) is 63.6 Å². The highest BCUT2D eigenvalue weighted by Crippen LogP contribution is 2.29. The molecular formula is C16H13BrF3N3OS. The Morgan fingerprint density at radius 1 is 1.20 bits per heavy atom. The maximum atomic E-state index is 12.5. The van der Waals surface area contributed by atoms with Crippen molar-refractivity contribution in [2.24, 2.45) is 15.9 Å². The highest BCUT2D eigenvalue weighted by atomic mass is 79.9. The summed E-state index contributed by atoms with van der Waals surface area (Å²) in [6.45, 7) is 0. The summed E-state index contributed by atoms with van der Waals surface area (Å²) in [5.74, 6) is 0.420. The molecular weight excluding hydrogens is 419 g/mol. The van der Waals surface area contributed by atoms with Crippen molar-refractivity contribution >= 4 is 39.1 Å². The molecule has 0 saturated heterocycles. The minimum atomic E-state index is -4.35. The lowest BCUT2D eigenvalue weighted by molar-refractivity contribution is -0.137. The van der Waals surface area contributed by atoms with Gasteiger partial charge in [-0.15, -0.1) is 5.10 Å². The summed E-state index contributed by atoms with van der Waals surface area (Å²) >= 11 is 4.42. The van der Waals surface area contributed by atoms with Crippen LogP contribution in [0.25, 0.3) is 0 Å².